The lowest BCUT2D eigenvalue weighted by Crippen LogP contribution is -2.56. The number of ether oxygens (including phenoxy) is 3. The molecule has 6 rings (SSSR count). The van der Waals surface area contributed by atoms with Crippen LogP contribution in [-0.4, -0.2) is 30.1 Å². The van der Waals surface area contributed by atoms with E-state index in [1.54, 1.807) is 6.92 Å². The van der Waals surface area contributed by atoms with Gasteiger partial charge in [-0.2, -0.15) is 0 Å². The standard InChI is InChI=1S/C21H30O4/c1-11(22)24-21-7-5-14-12-8-16(25-21)15-9-17-18(23-17)10-19(15,2)13(12)4-6-20(14,21)3/h12-18H,4-10H2,1-3H3/t12?,13-,14?,15?,16?,17?,18?,19+,20-,21?/m0/s1. The summed E-state index contributed by atoms with van der Waals surface area (Å²) in [5.41, 5.74) is 0.340. The zero-order chi connectivity index (χ0) is 17.2. The number of hydrogen-bond donors (Lipinski definition) is 0. The molecule has 4 heteroatoms. The molecule has 4 aliphatic carbocycles. The monoisotopic (exact) mass is 346 g/mol. The highest BCUT2D eigenvalue weighted by atomic mass is 16.7. The van der Waals surface area contributed by atoms with Gasteiger partial charge in [0.05, 0.1) is 18.3 Å². The first-order valence-corrected chi connectivity index (χ1v) is 10.4. The number of carbonyl (C=O) groups is 1. The van der Waals surface area contributed by atoms with E-state index in [1.165, 1.54) is 19.3 Å². The average molecular weight is 346 g/mol. The molecule has 25 heavy (non-hydrogen) atoms. The van der Waals surface area contributed by atoms with E-state index in [4.69, 9.17) is 14.2 Å². The first-order valence-electron chi connectivity index (χ1n) is 10.4. The third-order valence-electron chi connectivity index (χ3n) is 9.59. The Balaban J connectivity index is 1.49. The highest BCUT2D eigenvalue weighted by Crippen LogP contribution is 2.73. The second kappa shape index (κ2) is 4.44. The molecule has 0 aromatic rings. The number of esters is 1. The second-order valence-electron chi connectivity index (χ2n) is 10.4. The van der Waals surface area contributed by atoms with Crippen LogP contribution < -0.4 is 0 Å². The molecular weight excluding hydrogens is 316 g/mol. The van der Waals surface area contributed by atoms with Crippen molar-refractivity contribution in [2.75, 3.05) is 0 Å². The molecule has 0 radical (unpaired) electrons. The van der Waals surface area contributed by atoms with Gasteiger partial charge in [0.25, 0.3) is 0 Å². The van der Waals surface area contributed by atoms with E-state index in [-0.39, 0.29) is 17.5 Å². The van der Waals surface area contributed by atoms with Gasteiger partial charge in [-0.15, -0.1) is 0 Å². The number of epoxide rings is 1. The van der Waals surface area contributed by atoms with E-state index in [1.807, 2.05) is 0 Å². The molecule has 6 fully saturated rings. The lowest BCUT2D eigenvalue weighted by molar-refractivity contribution is -0.295. The van der Waals surface area contributed by atoms with Crippen LogP contribution in [0.5, 0.6) is 0 Å². The summed E-state index contributed by atoms with van der Waals surface area (Å²) in [6.07, 6.45) is 9.19. The molecule has 138 valence electrons. The fourth-order valence-electron chi connectivity index (χ4n) is 8.49. The predicted octanol–water partition coefficient (Wildman–Crippen LogP) is 3.67. The quantitative estimate of drug-likeness (QED) is 0.537. The minimum Gasteiger partial charge on any atom is -0.433 e. The highest BCUT2D eigenvalue weighted by Gasteiger charge is 2.73. The number of fused-ring (bicyclic) bond motifs is 5. The van der Waals surface area contributed by atoms with Crippen molar-refractivity contribution in [2.45, 2.75) is 89.8 Å². The normalized spacial score (nSPS) is 63.4. The van der Waals surface area contributed by atoms with Crippen molar-refractivity contribution < 1.29 is 19.0 Å². The SMILES string of the molecule is CC(=O)OC12CCC3C4CC(O1)C1CC5OC5C[C@]1(C)[C@H]4CC[C@@]32C. The maximum atomic E-state index is 12.0. The van der Waals surface area contributed by atoms with Gasteiger partial charge in [-0.25, -0.2) is 0 Å². The van der Waals surface area contributed by atoms with E-state index in [9.17, 15) is 4.79 Å². The van der Waals surface area contributed by atoms with Crippen molar-refractivity contribution in [1.82, 2.24) is 0 Å². The Morgan fingerprint density at radius 3 is 2.60 bits per heavy atom. The van der Waals surface area contributed by atoms with Crippen LogP contribution in [0.2, 0.25) is 0 Å². The highest BCUT2D eigenvalue weighted by molar-refractivity contribution is 5.66. The third kappa shape index (κ3) is 1.70. The summed E-state index contributed by atoms with van der Waals surface area (Å²) in [5, 5.41) is 0. The minimum atomic E-state index is -0.680. The van der Waals surface area contributed by atoms with Crippen molar-refractivity contribution >= 4 is 5.97 Å². The average Bonchev–Trinajstić information content (AvgIpc) is 3.20. The molecule has 0 spiro atoms. The van der Waals surface area contributed by atoms with Crippen molar-refractivity contribution in [3.05, 3.63) is 0 Å². The lowest BCUT2D eigenvalue weighted by Gasteiger charge is -2.58. The maximum absolute atomic E-state index is 12.0. The Kier molecular flexibility index (Phi) is 2.74. The predicted molar refractivity (Wildman–Crippen MR) is 90.5 cm³/mol. The Morgan fingerprint density at radius 1 is 1.00 bits per heavy atom. The number of rotatable bonds is 1. The molecule has 0 aromatic carbocycles. The van der Waals surface area contributed by atoms with Gasteiger partial charge in [0.15, 0.2) is 0 Å². The Morgan fingerprint density at radius 2 is 1.80 bits per heavy atom. The first-order chi connectivity index (χ1) is 11.9. The topological polar surface area (TPSA) is 48.1 Å². The van der Waals surface area contributed by atoms with Gasteiger partial charge in [-0.3, -0.25) is 4.79 Å². The molecule has 0 amide bonds. The van der Waals surface area contributed by atoms with Crippen molar-refractivity contribution in [3.63, 3.8) is 0 Å². The summed E-state index contributed by atoms with van der Waals surface area (Å²) in [6, 6.07) is 0. The number of carbonyl (C=O) groups excluding carboxylic acids is 1. The van der Waals surface area contributed by atoms with Gasteiger partial charge in [0.2, 0.25) is 5.79 Å². The lowest BCUT2D eigenvalue weighted by atomic mass is 9.45. The van der Waals surface area contributed by atoms with Gasteiger partial charge >= 0.3 is 5.97 Å². The molecule has 4 nitrogen and oxygen atoms in total. The summed E-state index contributed by atoms with van der Waals surface area (Å²) in [6.45, 7) is 6.44. The van der Waals surface area contributed by atoms with Crippen molar-refractivity contribution in [2.24, 2.45) is 34.5 Å². The van der Waals surface area contributed by atoms with Gasteiger partial charge in [-0.05, 0) is 67.6 Å². The Bertz CT molecular complexity index is 648. The largest absolute Gasteiger partial charge is 0.433 e. The van der Waals surface area contributed by atoms with E-state index < -0.39 is 5.79 Å². The summed E-state index contributed by atoms with van der Waals surface area (Å²) < 4.78 is 18.9. The van der Waals surface area contributed by atoms with Gasteiger partial charge in [0.1, 0.15) is 0 Å². The Hall–Kier alpha value is -0.610. The van der Waals surface area contributed by atoms with Crippen LogP contribution in [0.25, 0.3) is 0 Å². The molecule has 2 heterocycles. The summed E-state index contributed by atoms with van der Waals surface area (Å²) in [4.78, 5) is 12.0. The van der Waals surface area contributed by atoms with Crippen molar-refractivity contribution in [1.29, 1.82) is 0 Å². The van der Waals surface area contributed by atoms with Crippen LogP contribution in [0, 0.1) is 34.5 Å². The van der Waals surface area contributed by atoms with Gasteiger partial charge in [-0.1, -0.05) is 13.8 Å². The molecule has 4 saturated carbocycles. The summed E-state index contributed by atoms with van der Waals surface area (Å²) in [7, 11) is 0. The molecule has 2 aliphatic heterocycles. The minimum absolute atomic E-state index is 0.00212. The molecule has 7 unspecified atom stereocenters. The molecule has 2 saturated heterocycles. The van der Waals surface area contributed by atoms with E-state index >= 15 is 0 Å². The van der Waals surface area contributed by atoms with E-state index in [0.29, 0.717) is 29.5 Å². The molecule has 10 atom stereocenters. The van der Waals surface area contributed by atoms with Crippen LogP contribution in [0.15, 0.2) is 0 Å². The van der Waals surface area contributed by atoms with Crippen LogP contribution in [0.1, 0.15) is 65.7 Å². The van der Waals surface area contributed by atoms with Crippen LogP contribution >= 0.6 is 0 Å². The zero-order valence-corrected chi connectivity index (χ0v) is 15.6. The third-order valence-corrected chi connectivity index (χ3v) is 9.59. The van der Waals surface area contributed by atoms with E-state index in [2.05, 4.69) is 13.8 Å². The Labute approximate surface area is 150 Å². The number of hydrogen-bond acceptors (Lipinski definition) is 4. The molecule has 0 N–H and O–H groups in total. The molecule has 5 bridgehead atoms. The maximum Gasteiger partial charge on any atom is 0.305 e. The second-order valence-corrected chi connectivity index (χ2v) is 10.4. The first kappa shape index (κ1) is 15.4. The van der Waals surface area contributed by atoms with Crippen LogP contribution in [0.3, 0.4) is 0 Å². The van der Waals surface area contributed by atoms with Crippen LogP contribution in [0.4, 0.5) is 0 Å². The fraction of sp³-hybridized carbons (Fsp3) is 0.952. The zero-order valence-electron chi connectivity index (χ0n) is 15.6. The molecule has 0 aromatic heterocycles. The van der Waals surface area contributed by atoms with Crippen LogP contribution in [-0.2, 0) is 19.0 Å². The smallest absolute Gasteiger partial charge is 0.305 e. The summed E-state index contributed by atoms with van der Waals surface area (Å²) in [5.74, 6) is 1.88. The fourth-order valence-corrected chi connectivity index (χ4v) is 8.49. The molecular formula is C21H30O4. The van der Waals surface area contributed by atoms with E-state index in [0.717, 1.165) is 37.5 Å². The van der Waals surface area contributed by atoms with Gasteiger partial charge < -0.3 is 14.2 Å². The summed E-state index contributed by atoms with van der Waals surface area (Å²) >= 11 is 0. The van der Waals surface area contributed by atoms with Gasteiger partial charge in [0, 0.05) is 18.8 Å². The van der Waals surface area contributed by atoms with Crippen molar-refractivity contribution in [3.8, 4) is 0 Å². The molecule has 6 aliphatic rings.